The van der Waals surface area contributed by atoms with E-state index in [9.17, 15) is 4.79 Å². The molecule has 1 heterocycles. The van der Waals surface area contributed by atoms with E-state index in [0.29, 0.717) is 23.2 Å². The van der Waals surface area contributed by atoms with Crippen molar-refractivity contribution < 1.29 is 9.21 Å². The molecule has 0 radical (unpaired) electrons. The number of carbonyl (C=O) groups is 1. The monoisotopic (exact) mass is 456 g/mol. The first-order valence-corrected chi connectivity index (χ1v) is 11.8. The van der Waals surface area contributed by atoms with Gasteiger partial charge in [0.05, 0.1) is 5.36 Å². The van der Waals surface area contributed by atoms with Crippen LogP contribution in [0.1, 0.15) is 24.2 Å². The van der Waals surface area contributed by atoms with Gasteiger partial charge in [0, 0.05) is 73.1 Å². The molecule has 0 unspecified atom stereocenters. The lowest BCUT2D eigenvalue weighted by atomic mass is 9.90. The van der Waals surface area contributed by atoms with Crippen LogP contribution in [0.2, 0.25) is 0 Å². The molecule has 6 heteroatoms. The molecular weight excluding hydrogens is 424 g/mol. The molecule has 0 aromatic heterocycles. The van der Waals surface area contributed by atoms with Gasteiger partial charge in [-0.25, -0.2) is 0 Å². The first-order chi connectivity index (χ1) is 16.5. The lowest BCUT2D eigenvalue weighted by Gasteiger charge is -2.23. The Kier molecular flexibility index (Phi) is 6.98. The Hall–Kier alpha value is -3.64. The van der Waals surface area contributed by atoms with Crippen molar-refractivity contribution in [2.75, 3.05) is 45.2 Å². The van der Waals surface area contributed by atoms with Crippen molar-refractivity contribution in [2.45, 2.75) is 13.8 Å². The summed E-state index contributed by atoms with van der Waals surface area (Å²) < 4.78 is 6.32. The molecule has 6 nitrogen and oxygen atoms in total. The van der Waals surface area contributed by atoms with E-state index in [1.807, 2.05) is 44.4 Å². The van der Waals surface area contributed by atoms with Crippen LogP contribution in [-0.4, -0.2) is 51.1 Å². The maximum atomic E-state index is 13.4. The molecule has 2 aliphatic rings. The number of nitrogens with zero attached hydrogens (tertiary/aromatic N) is 2. The van der Waals surface area contributed by atoms with Crippen molar-refractivity contribution in [2.24, 2.45) is 0 Å². The zero-order valence-corrected chi connectivity index (χ0v) is 20.3. The molecule has 1 amide bonds. The van der Waals surface area contributed by atoms with Gasteiger partial charge in [0.25, 0.3) is 5.91 Å². The first kappa shape index (κ1) is 23.5. The highest BCUT2D eigenvalue weighted by Gasteiger charge is 2.23. The minimum atomic E-state index is -0.0233. The molecule has 4 rings (SSSR count). The molecule has 34 heavy (non-hydrogen) atoms. The van der Waals surface area contributed by atoms with Gasteiger partial charge < -0.3 is 24.9 Å². The fourth-order valence-corrected chi connectivity index (χ4v) is 4.43. The average Bonchev–Trinajstić information content (AvgIpc) is 2.86. The van der Waals surface area contributed by atoms with Crippen LogP contribution in [0.3, 0.4) is 0 Å². The zero-order chi connectivity index (χ0) is 24.2. The Morgan fingerprint density at radius 1 is 1.00 bits per heavy atom. The summed E-state index contributed by atoms with van der Waals surface area (Å²) in [7, 11) is 3.71. The zero-order valence-electron chi connectivity index (χ0n) is 20.3. The fraction of sp³-hybridized carbons (Fsp3) is 0.286. The molecular formula is C28H32N4O2. The number of fused-ring (bicyclic) bond motifs is 2. The number of hydrogen-bond acceptors (Lipinski definition) is 5. The summed E-state index contributed by atoms with van der Waals surface area (Å²) in [5, 5.41) is 12.6. The summed E-state index contributed by atoms with van der Waals surface area (Å²) in [5.74, 6) is 0.613. The molecule has 176 valence electrons. The van der Waals surface area contributed by atoms with Crippen molar-refractivity contribution in [3.05, 3.63) is 71.6 Å². The predicted molar refractivity (Wildman–Crippen MR) is 139 cm³/mol. The van der Waals surface area contributed by atoms with Crippen LogP contribution in [0.15, 0.2) is 65.1 Å². The summed E-state index contributed by atoms with van der Waals surface area (Å²) in [6.07, 6.45) is 0. The van der Waals surface area contributed by atoms with Crippen LogP contribution in [0.5, 0.6) is 0 Å². The highest BCUT2D eigenvalue weighted by molar-refractivity contribution is 6.09. The van der Waals surface area contributed by atoms with E-state index in [1.165, 1.54) is 0 Å². The molecule has 2 aromatic carbocycles. The lowest BCUT2D eigenvalue weighted by Crippen LogP contribution is -2.33. The highest BCUT2D eigenvalue weighted by atomic mass is 16.3. The van der Waals surface area contributed by atoms with Gasteiger partial charge in [-0.2, -0.15) is 0 Å². The van der Waals surface area contributed by atoms with E-state index >= 15 is 0 Å². The van der Waals surface area contributed by atoms with E-state index in [-0.39, 0.29) is 5.91 Å². The number of anilines is 1. The van der Waals surface area contributed by atoms with Gasteiger partial charge in [-0.15, -0.1) is 0 Å². The Balaban J connectivity index is 1.99. The predicted octanol–water partition coefficient (Wildman–Crippen LogP) is 4.82. The second-order valence-corrected chi connectivity index (χ2v) is 8.42. The van der Waals surface area contributed by atoms with Crippen molar-refractivity contribution in [3.63, 3.8) is 0 Å². The standard InChI is InChI=1S/C28H32N4O2/c1-5-32(6-2)20-12-14-24-26(18-20)34-25-17-19(29)11-13-23(25)27(24)21-9-7-8-10-22(21)28(33)31(4)16-15-30-3/h7-14,17-18,29-30H,5-6,15-16H2,1-4H3. The van der Waals surface area contributed by atoms with Crippen molar-refractivity contribution in [1.29, 1.82) is 5.41 Å². The summed E-state index contributed by atoms with van der Waals surface area (Å²) in [6, 6.07) is 19.4. The van der Waals surface area contributed by atoms with Crippen LogP contribution in [0.4, 0.5) is 5.69 Å². The second kappa shape index (κ2) is 10.1. The highest BCUT2D eigenvalue weighted by Crippen LogP contribution is 2.42. The van der Waals surface area contributed by atoms with Gasteiger partial charge in [-0.1, -0.05) is 18.2 Å². The summed E-state index contributed by atoms with van der Waals surface area (Å²) in [4.78, 5) is 17.4. The van der Waals surface area contributed by atoms with Crippen LogP contribution in [-0.2, 0) is 0 Å². The van der Waals surface area contributed by atoms with E-state index in [4.69, 9.17) is 9.83 Å². The molecule has 0 spiro atoms. The minimum absolute atomic E-state index is 0.0233. The molecule has 1 aliphatic carbocycles. The molecule has 0 saturated carbocycles. The van der Waals surface area contributed by atoms with Gasteiger partial charge in [0.2, 0.25) is 0 Å². The molecule has 1 aliphatic heterocycles. The van der Waals surface area contributed by atoms with Gasteiger partial charge in [-0.3, -0.25) is 4.79 Å². The Labute approximate surface area is 200 Å². The molecule has 0 saturated heterocycles. The quantitative estimate of drug-likeness (QED) is 0.373. The van der Waals surface area contributed by atoms with Crippen molar-refractivity contribution in [1.82, 2.24) is 10.2 Å². The number of hydrogen-bond donors (Lipinski definition) is 2. The Morgan fingerprint density at radius 2 is 1.76 bits per heavy atom. The van der Waals surface area contributed by atoms with Crippen LogP contribution >= 0.6 is 0 Å². The van der Waals surface area contributed by atoms with Gasteiger partial charge in [0.1, 0.15) is 11.3 Å². The molecule has 2 N–H and O–H groups in total. The van der Waals surface area contributed by atoms with Crippen molar-refractivity contribution >= 4 is 22.6 Å². The van der Waals surface area contributed by atoms with E-state index in [2.05, 4.69) is 42.3 Å². The first-order valence-electron chi connectivity index (χ1n) is 11.8. The average molecular weight is 457 g/mol. The SMILES string of the molecule is CCN(CC)c1ccc2c(-c3ccccc3C(=O)N(C)CCNC)c3ccc(=N)cc-3oc2c1. The smallest absolute Gasteiger partial charge is 0.254 e. The van der Waals surface area contributed by atoms with Crippen LogP contribution < -0.4 is 15.6 Å². The summed E-state index contributed by atoms with van der Waals surface area (Å²) >= 11 is 0. The van der Waals surface area contributed by atoms with E-state index in [1.54, 1.807) is 17.0 Å². The number of rotatable bonds is 8. The maximum Gasteiger partial charge on any atom is 0.254 e. The van der Waals surface area contributed by atoms with Crippen LogP contribution in [0.25, 0.3) is 33.4 Å². The molecule has 0 atom stereocenters. The molecule has 0 bridgehead atoms. The van der Waals surface area contributed by atoms with Gasteiger partial charge in [-0.05, 0) is 56.8 Å². The molecule has 0 fully saturated rings. The maximum absolute atomic E-state index is 13.4. The summed E-state index contributed by atoms with van der Waals surface area (Å²) in [5.41, 5.74) is 5.18. The third kappa shape index (κ3) is 4.41. The summed E-state index contributed by atoms with van der Waals surface area (Å²) in [6.45, 7) is 7.40. The lowest BCUT2D eigenvalue weighted by molar-refractivity contribution is 0.0797. The number of benzene rings is 3. The topological polar surface area (TPSA) is 72.6 Å². The second-order valence-electron chi connectivity index (χ2n) is 8.42. The van der Waals surface area contributed by atoms with Gasteiger partial charge >= 0.3 is 0 Å². The number of carbonyl (C=O) groups excluding carboxylic acids is 1. The van der Waals surface area contributed by atoms with Crippen molar-refractivity contribution in [3.8, 4) is 22.5 Å². The largest absolute Gasteiger partial charge is 0.456 e. The fourth-order valence-electron chi connectivity index (χ4n) is 4.43. The normalized spacial score (nSPS) is 11.2. The van der Waals surface area contributed by atoms with E-state index in [0.717, 1.165) is 53.0 Å². The molecule has 2 aromatic rings. The van der Waals surface area contributed by atoms with E-state index < -0.39 is 0 Å². The number of amides is 1. The Morgan fingerprint density at radius 3 is 2.50 bits per heavy atom. The Bertz CT molecular complexity index is 1340. The minimum Gasteiger partial charge on any atom is -0.456 e. The third-order valence-electron chi connectivity index (χ3n) is 6.30. The van der Waals surface area contributed by atoms with Crippen LogP contribution in [0, 0.1) is 5.41 Å². The number of likely N-dealkylation sites (N-methyl/N-ethyl adjacent to an activating group) is 2. The number of nitrogens with one attached hydrogen (secondary N) is 2. The van der Waals surface area contributed by atoms with Gasteiger partial charge in [0.15, 0.2) is 0 Å². The third-order valence-corrected chi connectivity index (χ3v) is 6.30.